The van der Waals surface area contributed by atoms with Crippen molar-refractivity contribution >= 4 is 53.5 Å². The van der Waals surface area contributed by atoms with E-state index in [-0.39, 0.29) is 36.4 Å². The second-order valence-corrected chi connectivity index (χ2v) is 21.3. The van der Waals surface area contributed by atoms with Crippen LogP contribution in [0, 0.1) is 0 Å². The molecule has 2 heterocycles. The number of fused-ring (bicyclic) bond motifs is 2. The fourth-order valence-electron chi connectivity index (χ4n) is 6.17. The summed E-state index contributed by atoms with van der Waals surface area (Å²) in [6, 6.07) is 17.7. The number of pyridine rings is 1. The van der Waals surface area contributed by atoms with E-state index in [1.165, 1.54) is 5.56 Å². The molecule has 0 bridgehead atoms. The quantitative estimate of drug-likeness (QED) is 0.0451. The Hall–Kier alpha value is -4.03. The lowest BCUT2D eigenvalue weighted by Crippen LogP contribution is -2.39. The summed E-state index contributed by atoms with van der Waals surface area (Å²) in [6.45, 7) is 13.3. The molecule has 2 aromatic heterocycles. The summed E-state index contributed by atoms with van der Waals surface area (Å²) in [7, 11) is -1.19. The Balaban J connectivity index is 1.36. The molecule has 0 fully saturated rings. The predicted octanol–water partition coefficient (Wildman–Crippen LogP) is 8.57. The number of esters is 1. The number of halogens is 1. The Bertz CT molecular complexity index is 1860. The van der Waals surface area contributed by atoms with Crippen molar-refractivity contribution in [3.05, 3.63) is 83.7 Å². The molecule has 1 N–H and O–H groups in total. The molecular weight excluding hydrogens is 684 g/mol. The molecule has 1 atom stereocenters. The molecule has 0 saturated carbocycles. The van der Waals surface area contributed by atoms with Gasteiger partial charge < -0.3 is 24.1 Å². The lowest BCUT2D eigenvalue weighted by Gasteiger charge is -2.30. The molecule has 12 heteroatoms. The zero-order chi connectivity index (χ0) is 36.8. The van der Waals surface area contributed by atoms with E-state index in [1.807, 2.05) is 39.9 Å². The predicted molar refractivity (Wildman–Crippen MR) is 203 cm³/mol. The first-order valence-corrected chi connectivity index (χ1v) is 21.6. The van der Waals surface area contributed by atoms with E-state index in [0.29, 0.717) is 24.8 Å². The number of benzene rings is 2. The number of hydrogen-bond donors (Lipinski definition) is 1. The van der Waals surface area contributed by atoms with E-state index in [1.54, 1.807) is 45.2 Å². The first-order valence-electron chi connectivity index (χ1n) is 17.5. The van der Waals surface area contributed by atoms with Crippen LogP contribution in [0.5, 0.6) is 11.5 Å². The molecule has 0 unspecified atom stereocenters. The van der Waals surface area contributed by atoms with Crippen LogP contribution in [0.15, 0.2) is 67.0 Å². The molecule has 0 spiro atoms. The first kappa shape index (κ1) is 38.2. The maximum atomic E-state index is 13.6. The summed E-state index contributed by atoms with van der Waals surface area (Å²) in [5.74, 6) is -0.290. The van der Waals surface area contributed by atoms with Crippen LogP contribution < -0.4 is 10.1 Å². The highest BCUT2D eigenvalue weighted by Crippen LogP contribution is 2.34. The minimum atomic E-state index is -1.19. The normalized spacial score (nSPS) is 14.9. The third-order valence-electron chi connectivity index (χ3n) is 8.62. The molecule has 2 aromatic carbocycles. The SMILES string of the molecule is CC(C)(C)OC(=O)c1ccc(NC(=O)CN(CC(=O)Cl)[C@@H]2CCCCc3ccccc32)cc1Oc1cnc2c(ccn2COCC[Si](C)(C)C)c1. The average molecular weight is 733 g/mol. The Morgan fingerprint density at radius 1 is 1.04 bits per heavy atom. The van der Waals surface area contributed by atoms with Crippen molar-refractivity contribution in [3.63, 3.8) is 0 Å². The third kappa shape index (κ3) is 11.0. The zero-order valence-corrected chi connectivity index (χ0v) is 32.2. The van der Waals surface area contributed by atoms with Gasteiger partial charge in [0.15, 0.2) is 0 Å². The number of amides is 1. The van der Waals surface area contributed by atoms with Gasteiger partial charge in [0, 0.05) is 44.1 Å². The minimum absolute atomic E-state index is 0.0547. The maximum absolute atomic E-state index is 13.6. The number of nitrogens with zero attached hydrogens (tertiary/aromatic N) is 3. The third-order valence-corrected chi connectivity index (χ3v) is 10.4. The highest BCUT2D eigenvalue weighted by atomic mass is 35.5. The largest absolute Gasteiger partial charge is 0.456 e. The van der Waals surface area contributed by atoms with Crippen LogP contribution >= 0.6 is 11.6 Å². The summed E-state index contributed by atoms with van der Waals surface area (Å²) in [6.07, 6.45) is 7.29. The van der Waals surface area contributed by atoms with Gasteiger partial charge in [-0.1, -0.05) is 50.3 Å². The van der Waals surface area contributed by atoms with Crippen molar-refractivity contribution in [2.75, 3.05) is 25.0 Å². The van der Waals surface area contributed by atoms with Crippen LogP contribution in [-0.4, -0.2) is 64.9 Å². The number of rotatable bonds is 14. The number of aryl methyl sites for hydroxylation is 1. The van der Waals surface area contributed by atoms with Gasteiger partial charge in [0.25, 0.3) is 0 Å². The molecule has 10 nitrogen and oxygen atoms in total. The number of anilines is 1. The van der Waals surface area contributed by atoms with E-state index in [2.05, 4.69) is 42.1 Å². The highest BCUT2D eigenvalue weighted by Gasteiger charge is 2.28. The van der Waals surface area contributed by atoms with Gasteiger partial charge in [0.05, 0.1) is 19.3 Å². The van der Waals surface area contributed by atoms with Gasteiger partial charge in [-0.3, -0.25) is 14.5 Å². The second-order valence-electron chi connectivity index (χ2n) is 15.3. The Labute approximate surface area is 306 Å². The maximum Gasteiger partial charge on any atom is 0.342 e. The van der Waals surface area contributed by atoms with Crippen LogP contribution in [0.3, 0.4) is 0 Å². The molecule has 4 aromatic rings. The fourth-order valence-corrected chi connectivity index (χ4v) is 7.08. The summed E-state index contributed by atoms with van der Waals surface area (Å²) in [5, 5.41) is 3.25. The van der Waals surface area contributed by atoms with E-state index in [4.69, 9.17) is 25.8 Å². The number of carbonyl (C=O) groups is 3. The van der Waals surface area contributed by atoms with Crippen LogP contribution in [0.1, 0.15) is 67.6 Å². The van der Waals surface area contributed by atoms with Gasteiger partial charge in [-0.2, -0.15) is 0 Å². The van der Waals surface area contributed by atoms with E-state index >= 15 is 0 Å². The lowest BCUT2D eigenvalue weighted by atomic mass is 9.97. The number of nitrogens with one attached hydrogen (secondary N) is 1. The molecular formula is C39H49ClN4O6Si. The molecule has 272 valence electrons. The van der Waals surface area contributed by atoms with Crippen LogP contribution in [0.25, 0.3) is 11.0 Å². The second kappa shape index (κ2) is 16.5. The molecule has 1 amide bonds. The monoisotopic (exact) mass is 732 g/mol. The minimum Gasteiger partial charge on any atom is -0.456 e. The highest BCUT2D eigenvalue weighted by molar-refractivity contribution is 6.76. The van der Waals surface area contributed by atoms with Crippen molar-refractivity contribution in [1.82, 2.24) is 14.5 Å². The standard InChI is InChI=1S/C39H49ClN4O6Si/c1-39(2,3)50-38(47)32-16-15-29(42-36(46)25-44(24-35(40)45)33-14-10-8-12-27-11-7-9-13-31(27)33)22-34(32)49-30-21-28-17-18-43(37(28)41-23-30)26-48-19-20-51(4,5)6/h7,9,11,13,15-18,21-23,33H,8,10,12,14,19-20,24-26H2,1-6H3,(H,42,46)/t33-/m1/s1. The van der Waals surface area contributed by atoms with Gasteiger partial charge in [-0.15, -0.1) is 0 Å². The van der Waals surface area contributed by atoms with Crippen molar-refractivity contribution in [3.8, 4) is 11.5 Å². The van der Waals surface area contributed by atoms with Crippen LogP contribution in [-0.2, 0) is 32.2 Å². The number of carbonyl (C=O) groups excluding carboxylic acids is 3. The topological polar surface area (TPSA) is 112 Å². The number of ether oxygens (including phenoxy) is 3. The van der Waals surface area contributed by atoms with Gasteiger partial charge in [-0.05, 0) is 93.1 Å². The summed E-state index contributed by atoms with van der Waals surface area (Å²) >= 11 is 5.89. The molecule has 5 rings (SSSR count). The fraction of sp³-hybridized carbons (Fsp3) is 0.436. The average Bonchev–Trinajstić information content (AvgIpc) is 3.30. The van der Waals surface area contributed by atoms with E-state index in [0.717, 1.165) is 48.3 Å². The lowest BCUT2D eigenvalue weighted by molar-refractivity contribution is -0.119. The van der Waals surface area contributed by atoms with Crippen LogP contribution in [0.2, 0.25) is 25.7 Å². The van der Waals surface area contributed by atoms with Crippen molar-refractivity contribution in [2.24, 2.45) is 0 Å². The van der Waals surface area contributed by atoms with Gasteiger partial charge >= 0.3 is 5.97 Å². The van der Waals surface area contributed by atoms with E-state index < -0.39 is 24.9 Å². The summed E-state index contributed by atoms with van der Waals surface area (Å²) < 4.78 is 19.8. The Morgan fingerprint density at radius 2 is 1.82 bits per heavy atom. The van der Waals surface area contributed by atoms with Gasteiger partial charge in [-0.25, -0.2) is 9.78 Å². The molecule has 0 radical (unpaired) electrons. The van der Waals surface area contributed by atoms with Crippen molar-refractivity contribution < 1.29 is 28.6 Å². The first-order chi connectivity index (χ1) is 24.1. The van der Waals surface area contributed by atoms with Crippen molar-refractivity contribution in [1.29, 1.82) is 0 Å². The molecule has 1 aliphatic carbocycles. The molecule has 1 aliphatic rings. The van der Waals surface area contributed by atoms with Gasteiger partial charge in [0.1, 0.15) is 35.0 Å². The molecule has 51 heavy (non-hydrogen) atoms. The van der Waals surface area contributed by atoms with E-state index in [9.17, 15) is 14.4 Å². The smallest absolute Gasteiger partial charge is 0.342 e. The molecule has 0 saturated heterocycles. The molecule has 0 aliphatic heterocycles. The van der Waals surface area contributed by atoms with Crippen molar-refractivity contribution in [2.45, 2.75) is 90.5 Å². The van der Waals surface area contributed by atoms with Gasteiger partial charge in [0.2, 0.25) is 11.1 Å². The summed E-state index contributed by atoms with van der Waals surface area (Å²) in [5.41, 5.74) is 2.97. The number of aromatic nitrogens is 2. The number of hydrogen-bond acceptors (Lipinski definition) is 8. The zero-order valence-electron chi connectivity index (χ0n) is 30.5. The van der Waals surface area contributed by atoms with Crippen LogP contribution in [0.4, 0.5) is 5.69 Å². The Kier molecular flexibility index (Phi) is 12.4. The Morgan fingerprint density at radius 3 is 2.57 bits per heavy atom. The summed E-state index contributed by atoms with van der Waals surface area (Å²) in [4.78, 5) is 45.5.